The van der Waals surface area contributed by atoms with Crippen LogP contribution in [0.1, 0.15) is 44.8 Å². The molecule has 2 aliphatic rings. The van der Waals surface area contributed by atoms with E-state index in [-0.39, 0.29) is 23.5 Å². The first-order valence-corrected chi connectivity index (χ1v) is 8.91. The molecule has 2 aromatic rings. The van der Waals surface area contributed by atoms with E-state index in [1.807, 2.05) is 37.6 Å². The molecule has 0 amide bonds. The molecule has 8 heteroatoms. The minimum atomic E-state index is -2.97. The van der Waals surface area contributed by atoms with Crippen molar-refractivity contribution >= 4 is 5.82 Å². The van der Waals surface area contributed by atoms with Gasteiger partial charge in [-0.25, -0.2) is 4.98 Å². The molecule has 0 radical (unpaired) electrons. The molecule has 2 heterocycles. The van der Waals surface area contributed by atoms with Crippen molar-refractivity contribution in [2.24, 2.45) is 5.92 Å². The van der Waals surface area contributed by atoms with E-state index in [0.29, 0.717) is 23.6 Å². The van der Waals surface area contributed by atoms with Crippen LogP contribution in [0.5, 0.6) is 5.75 Å². The number of allylic oxidation sites excluding steroid dienone is 1. The zero-order valence-electron chi connectivity index (χ0n) is 15.4. The van der Waals surface area contributed by atoms with Crippen LogP contribution in [0.4, 0.5) is 14.6 Å². The number of fused-ring (bicyclic) bond motifs is 1. The third-order valence-corrected chi connectivity index (χ3v) is 5.16. The smallest absolute Gasteiger partial charge is 0.387 e. The molecule has 27 heavy (non-hydrogen) atoms. The number of pyridine rings is 1. The summed E-state index contributed by atoms with van der Waals surface area (Å²) in [5, 5.41) is 14.8. The van der Waals surface area contributed by atoms with Gasteiger partial charge in [0.1, 0.15) is 0 Å². The fourth-order valence-corrected chi connectivity index (χ4v) is 3.99. The Kier molecular flexibility index (Phi) is 3.99. The first-order valence-electron chi connectivity index (χ1n) is 8.91. The van der Waals surface area contributed by atoms with Crippen LogP contribution in [0.25, 0.3) is 11.3 Å². The second-order valence-corrected chi connectivity index (χ2v) is 7.77. The third-order valence-electron chi connectivity index (χ3n) is 5.16. The Labute approximate surface area is 155 Å². The average molecular weight is 376 g/mol. The van der Waals surface area contributed by atoms with Crippen molar-refractivity contribution in [1.82, 2.24) is 14.8 Å². The van der Waals surface area contributed by atoms with E-state index in [1.54, 1.807) is 0 Å². The molecule has 3 atom stereocenters. The maximum Gasteiger partial charge on any atom is 0.387 e. The van der Waals surface area contributed by atoms with Gasteiger partial charge < -0.3 is 15.6 Å². The molecule has 1 unspecified atom stereocenters. The van der Waals surface area contributed by atoms with Crippen molar-refractivity contribution in [3.63, 3.8) is 0 Å². The van der Waals surface area contributed by atoms with Crippen LogP contribution in [0.15, 0.2) is 30.0 Å². The van der Waals surface area contributed by atoms with Gasteiger partial charge in [-0.2, -0.15) is 13.9 Å². The molecule has 0 aromatic carbocycles. The lowest BCUT2D eigenvalue weighted by molar-refractivity contribution is -0.0494. The van der Waals surface area contributed by atoms with E-state index in [9.17, 15) is 13.9 Å². The van der Waals surface area contributed by atoms with E-state index in [0.717, 1.165) is 5.69 Å². The van der Waals surface area contributed by atoms with Crippen LogP contribution in [0.3, 0.4) is 0 Å². The largest absolute Gasteiger partial charge is 0.431 e. The summed E-state index contributed by atoms with van der Waals surface area (Å²) in [6.45, 7) is 2.92. The summed E-state index contributed by atoms with van der Waals surface area (Å²) in [5.41, 5.74) is 8.37. The van der Waals surface area contributed by atoms with Crippen molar-refractivity contribution in [1.29, 1.82) is 0 Å². The highest BCUT2D eigenvalue weighted by atomic mass is 19.3. The summed E-state index contributed by atoms with van der Waals surface area (Å²) in [6.07, 6.45) is 4.16. The lowest BCUT2D eigenvalue weighted by Gasteiger charge is -2.17. The van der Waals surface area contributed by atoms with Gasteiger partial charge in [-0.15, -0.1) is 0 Å². The molecule has 0 aliphatic heterocycles. The fourth-order valence-electron chi connectivity index (χ4n) is 3.99. The number of anilines is 1. The molecule has 144 valence electrons. The Bertz CT molecular complexity index is 920. The van der Waals surface area contributed by atoms with E-state index < -0.39 is 12.2 Å². The summed E-state index contributed by atoms with van der Waals surface area (Å²) in [6, 6.07) is 3.52. The number of aromatic nitrogens is 3. The van der Waals surface area contributed by atoms with Crippen molar-refractivity contribution in [3.05, 3.63) is 35.7 Å². The molecular weight excluding hydrogens is 354 g/mol. The molecule has 2 aromatic heterocycles. The second-order valence-electron chi connectivity index (χ2n) is 7.77. The van der Waals surface area contributed by atoms with Crippen LogP contribution >= 0.6 is 0 Å². The topological polar surface area (TPSA) is 86.2 Å². The fraction of sp³-hybridized carbons (Fsp3) is 0.474. The Morgan fingerprint density at radius 2 is 2.11 bits per heavy atom. The molecule has 0 spiro atoms. The SMILES string of the molecule is CC(C)n1nc(-c2cnc(N)c(OC(F)F)c2)cc1[C@@H]1C2=CC(C)(O)C[C@H]21. The number of halogens is 2. The first-order chi connectivity index (χ1) is 12.7. The number of hydrogen-bond acceptors (Lipinski definition) is 5. The van der Waals surface area contributed by atoms with Gasteiger partial charge in [0.05, 0.1) is 11.3 Å². The van der Waals surface area contributed by atoms with E-state index >= 15 is 0 Å². The molecule has 0 saturated heterocycles. The van der Waals surface area contributed by atoms with Crippen molar-refractivity contribution in [2.45, 2.75) is 51.4 Å². The number of nitrogens with two attached hydrogens (primary N) is 1. The minimum absolute atomic E-state index is 0.0910. The minimum Gasteiger partial charge on any atom is -0.431 e. The number of nitrogens with zero attached hydrogens (tertiary/aromatic N) is 3. The summed E-state index contributed by atoms with van der Waals surface area (Å²) in [7, 11) is 0. The van der Waals surface area contributed by atoms with Gasteiger partial charge in [-0.1, -0.05) is 11.6 Å². The predicted octanol–water partition coefficient (Wildman–Crippen LogP) is 3.50. The molecule has 2 aliphatic carbocycles. The average Bonchev–Trinajstić information content (AvgIpc) is 2.94. The summed E-state index contributed by atoms with van der Waals surface area (Å²) in [4.78, 5) is 3.95. The number of hydrogen-bond donors (Lipinski definition) is 2. The van der Waals surface area contributed by atoms with Gasteiger partial charge in [0.15, 0.2) is 11.6 Å². The number of alkyl halides is 2. The van der Waals surface area contributed by atoms with Gasteiger partial charge in [0.2, 0.25) is 0 Å². The number of aliphatic hydroxyl groups is 1. The van der Waals surface area contributed by atoms with Gasteiger partial charge in [0, 0.05) is 29.4 Å². The van der Waals surface area contributed by atoms with Gasteiger partial charge in [-0.05, 0) is 45.2 Å². The maximum atomic E-state index is 12.6. The van der Waals surface area contributed by atoms with Gasteiger partial charge >= 0.3 is 6.61 Å². The highest BCUT2D eigenvalue weighted by Crippen LogP contribution is 2.62. The van der Waals surface area contributed by atoms with E-state index in [2.05, 4.69) is 14.8 Å². The molecule has 0 bridgehead atoms. The van der Waals surface area contributed by atoms with Crippen LogP contribution in [-0.4, -0.2) is 32.1 Å². The molecule has 1 saturated carbocycles. The second kappa shape index (κ2) is 6.02. The summed E-state index contributed by atoms with van der Waals surface area (Å²) >= 11 is 0. The molecule has 1 fully saturated rings. The molecule has 4 rings (SSSR count). The van der Waals surface area contributed by atoms with Crippen LogP contribution < -0.4 is 10.5 Å². The summed E-state index contributed by atoms with van der Waals surface area (Å²) < 4.78 is 31.5. The zero-order valence-corrected chi connectivity index (χ0v) is 15.4. The Balaban J connectivity index is 1.70. The predicted molar refractivity (Wildman–Crippen MR) is 96.4 cm³/mol. The summed E-state index contributed by atoms with van der Waals surface area (Å²) in [5.74, 6) is 0.327. The van der Waals surface area contributed by atoms with E-state index in [1.165, 1.54) is 17.8 Å². The van der Waals surface area contributed by atoms with E-state index in [4.69, 9.17) is 5.73 Å². The normalized spacial score (nSPS) is 26.4. The van der Waals surface area contributed by atoms with Crippen LogP contribution in [0, 0.1) is 5.92 Å². The Hall–Kier alpha value is -2.48. The molecule has 6 nitrogen and oxygen atoms in total. The Morgan fingerprint density at radius 3 is 2.70 bits per heavy atom. The maximum absolute atomic E-state index is 12.6. The zero-order chi connectivity index (χ0) is 19.5. The lowest BCUT2D eigenvalue weighted by atomic mass is 9.99. The Morgan fingerprint density at radius 1 is 1.37 bits per heavy atom. The molecular formula is C19H22F2N4O2. The van der Waals surface area contributed by atoms with Crippen molar-refractivity contribution < 1.29 is 18.6 Å². The highest BCUT2D eigenvalue weighted by Gasteiger charge is 2.54. The number of ether oxygens (including phenoxy) is 1. The standard InChI is InChI=1S/C19H22F2N4O2/c1-9(2)25-14(16-11-6-19(3,26)7-12(11)16)5-13(24-25)10-4-15(27-18(20)21)17(22)23-8-10/h4-6,8-9,12,16,18,26H,7H2,1-3H3,(H2,22,23)/t12-,16-,19?/m1/s1. The quantitative estimate of drug-likeness (QED) is 0.780. The van der Waals surface area contributed by atoms with Crippen LogP contribution in [0.2, 0.25) is 0 Å². The van der Waals surface area contributed by atoms with Crippen molar-refractivity contribution in [2.75, 3.05) is 5.73 Å². The van der Waals surface area contributed by atoms with Gasteiger partial charge in [-0.3, -0.25) is 4.68 Å². The monoisotopic (exact) mass is 376 g/mol. The lowest BCUT2D eigenvalue weighted by Crippen LogP contribution is -2.19. The van der Waals surface area contributed by atoms with Gasteiger partial charge in [0.25, 0.3) is 0 Å². The van der Waals surface area contributed by atoms with Crippen molar-refractivity contribution in [3.8, 4) is 17.0 Å². The third kappa shape index (κ3) is 3.18. The number of rotatable bonds is 5. The highest BCUT2D eigenvalue weighted by molar-refractivity contribution is 5.65. The first kappa shape index (κ1) is 17.9. The van der Waals surface area contributed by atoms with Crippen LogP contribution in [-0.2, 0) is 0 Å². The molecule has 3 N–H and O–H groups in total. The number of nitrogen functional groups attached to an aromatic ring is 1.